The van der Waals surface area contributed by atoms with E-state index in [4.69, 9.17) is 10.5 Å². The van der Waals surface area contributed by atoms with Crippen molar-refractivity contribution in [3.8, 4) is 12.1 Å². The number of amides is 3. The molecule has 1 aliphatic rings. The van der Waals surface area contributed by atoms with Crippen molar-refractivity contribution in [1.82, 2.24) is 15.2 Å². The van der Waals surface area contributed by atoms with Crippen molar-refractivity contribution in [1.29, 1.82) is 10.5 Å². The summed E-state index contributed by atoms with van der Waals surface area (Å²) in [5, 5.41) is 23.2. The van der Waals surface area contributed by atoms with Crippen LogP contribution in [0.25, 0.3) is 0 Å². The summed E-state index contributed by atoms with van der Waals surface area (Å²) in [6.45, 7) is 1.40. The van der Waals surface area contributed by atoms with Crippen molar-refractivity contribution in [2.75, 3.05) is 11.9 Å². The fourth-order valence-corrected chi connectivity index (χ4v) is 2.87. The number of carbonyl (C=O) groups is 2. The molecule has 2 N–H and O–H groups in total. The first-order valence-corrected chi connectivity index (χ1v) is 8.35. The van der Waals surface area contributed by atoms with Gasteiger partial charge in [-0.25, -0.2) is 9.18 Å². The van der Waals surface area contributed by atoms with Gasteiger partial charge >= 0.3 is 6.03 Å². The zero-order valence-electron chi connectivity index (χ0n) is 14.9. The Bertz CT molecular complexity index is 1020. The maximum atomic E-state index is 13.8. The van der Waals surface area contributed by atoms with Crippen LogP contribution in [-0.4, -0.2) is 28.4 Å². The summed E-state index contributed by atoms with van der Waals surface area (Å²) in [5.41, 5.74) is 1.51. The molecular weight excluding hydrogens is 363 g/mol. The van der Waals surface area contributed by atoms with Crippen LogP contribution < -0.4 is 10.6 Å². The van der Waals surface area contributed by atoms with Crippen molar-refractivity contribution in [3.63, 3.8) is 0 Å². The molecule has 0 saturated carbocycles. The van der Waals surface area contributed by atoms with Crippen LogP contribution in [0.5, 0.6) is 0 Å². The van der Waals surface area contributed by atoms with Crippen LogP contribution in [0, 0.1) is 28.5 Å². The molecular formula is C19H15FN6O2. The summed E-state index contributed by atoms with van der Waals surface area (Å²) >= 11 is 0. The number of aromatic nitrogens is 1. The van der Waals surface area contributed by atoms with Crippen molar-refractivity contribution < 1.29 is 14.0 Å². The van der Waals surface area contributed by atoms with Gasteiger partial charge in [0.1, 0.15) is 24.5 Å². The summed E-state index contributed by atoms with van der Waals surface area (Å²) < 4.78 is 13.8. The number of urea groups is 1. The van der Waals surface area contributed by atoms with E-state index in [2.05, 4.69) is 15.6 Å². The van der Waals surface area contributed by atoms with E-state index in [0.29, 0.717) is 22.5 Å². The summed E-state index contributed by atoms with van der Waals surface area (Å²) in [6.07, 6.45) is 1.41. The van der Waals surface area contributed by atoms with Crippen molar-refractivity contribution in [3.05, 3.63) is 58.7 Å². The predicted octanol–water partition coefficient (Wildman–Crippen LogP) is 2.19. The summed E-state index contributed by atoms with van der Waals surface area (Å²) in [7, 11) is 0. The second-order valence-electron chi connectivity index (χ2n) is 6.22. The molecule has 0 fully saturated rings. The first kappa shape index (κ1) is 18.8. The zero-order chi connectivity index (χ0) is 20.3. The molecule has 0 radical (unpaired) electrons. The second kappa shape index (κ2) is 7.72. The van der Waals surface area contributed by atoms with Crippen molar-refractivity contribution in [2.45, 2.75) is 19.5 Å². The number of benzene rings is 1. The summed E-state index contributed by atoms with van der Waals surface area (Å²) in [6, 6.07) is 8.54. The van der Waals surface area contributed by atoms with Gasteiger partial charge in [0.05, 0.1) is 29.4 Å². The highest BCUT2D eigenvalue weighted by Crippen LogP contribution is 2.28. The van der Waals surface area contributed by atoms with Gasteiger partial charge in [0, 0.05) is 17.4 Å². The van der Waals surface area contributed by atoms with E-state index >= 15 is 0 Å². The predicted molar refractivity (Wildman–Crippen MR) is 96.1 cm³/mol. The van der Waals surface area contributed by atoms with Gasteiger partial charge in [-0.1, -0.05) is 0 Å². The molecule has 28 heavy (non-hydrogen) atoms. The average molecular weight is 378 g/mol. The highest BCUT2D eigenvalue weighted by Gasteiger charge is 2.28. The number of halogens is 1. The Morgan fingerprint density at radius 2 is 2.14 bits per heavy atom. The lowest BCUT2D eigenvalue weighted by atomic mass is 10.0. The topological polar surface area (TPSA) is 122 Å². The number of nitrogens with one attached hydrogen (secondary N) is 2. The van der Waals surface area contributed by atoms with Crippen molar-refractivity contribution in [2.24, 2.45) is 0 Å². The Morgan fingerprint density at radius 3 is 2.79 bits per heavy atom. The minimum Gasteiger partial charge on any atom is -0.346 e. The Kier molecular flexibility index (Phi) is 5.18. The molecule has 9 heteroatoms. The lowest BCUT2D eigenvalue weighted by Gasteiger charge is -2.29. The highest BCUT2D eigenvalue weighted by molar-refractivity contribution is 5.95. The maximum absolute atomic E-state index is 13.8. The first-order chi connectivity index (χ1) is 13.4. The quantitative estimate of drug-likeness (QED) is 0.844. The largest absolute Gasteiger partial charge is 0.346 e. The minimum atomic E-state index is -0.678. The summed E-state index contributed by atoms with van der Waals surface area (Å²) in [5.74, 6) is -1.12. The average Bonchev–Trinajstić information content (AvgIpc) is 2.69. The molecule has 1 aliphatic heterocycles. The molecule has 1 aromatic heterocycles. The van der Waals surface area contributed by atoms with Gasteiger partial charge in [0.25, 0.3) is 0 Å². The van der Waals surface area contributed by atoms with E-state index < -0.39 is 23.8 Å². The number of rotatable bonds is 4. The molecule has 3 rings (SSSR count). The third kappa shape index (κ3) is 3.74. The van der Waals surface area contributed by atoms with Gasteiger partial charge in [-0.15, -0.1) is 0 Å². The Balaban J connectivity index is 1.69. The molecule has 2 heterocycles. The fourth-order valence-electron chi connectivity index (χ4n) is 2.87. The Labute approximate surface area is 160 Å². The van der Waals surface area contributed by atoms with Crippen LogP contribution >= 0.6 is 0 Å². The third-order valence-electron chi connectivity index (χ3n) is 4.32. The lowest BCUT2D eigenvalue weighted by molar-refractivity contribution is -0.122. The number of nitrogens with zero attached hydrogens (tertiary/aromatic N) is 4. The van der Waals surface area contributed by atoms with Gasteiger partial charge in [0.15, 0.2) is 0 Å². The van der Waals surface area contributed by atoms with E-state index in [1.165, 1.54) is 17.2 Å². The van der Waals surface area contributed by atoms with E-state index in [-0.39, 0.29) is 18.7 Å². The van der Waals surface area contributed by atoms with E-state index in [1.807, 2.05) is 6.07 Å². The fraction of sp³-hybridized carbons (Fsp3) is 0.211. The van der Waals surface area contributed by atoms with Gasteiger partial charge in [-0.05, 0) is 31.2 Å². The summed E-state index contributed by atoms with van der Waals surface area (Å²) in [4.78, 5) is 29.9. The number of hydrogen-bond donors (Lipinski definition) is 2. The normalized spacial score (nSPS) is 13.6. The third-order valence-corrected chi connectivity index (χ3v) is 4.32. The number of pyridine rings is 1. The van der Waals surface area contributed by atoms with Crippen LogP contribution in [-0.2, 0) is 11.3 Å². The van der Waals surface area contributed by atoms with E-state index in [1.54, 1.807) is 25.1 Å². The van der Waals surface area contributed by atoms with E-state index in [9.17, 15) is 14.0 Å². The Morgan fingerprint density at radius 1 is 1.36 bits per heavy atom. The maximum Gasteiger partial charge on any atom is 0.322 e. The zero-order valence-corrected chi connectivity index (χ0v) is 14.9. The molecule has 1 aromatic carbocycles. The molecule has 8 nitrogen and oxygen atoms in total. The molecule has 1 atom stereocenters. The minimum absolute atomic E-state index is 0.0568. The molecule has 0 spiro atoms. The van der Waals surface area contributed by atoms with Gasteiger partial charge in [-0.2, -0.15) is 10.5 Å². The van der Waals surface area contributed by atoms with Gasteiger partial charge in [-0.3, -0.25) is 9.78 Å². The SMILES string of the molecule is C[C@H](NC(=O)CN1Cc2c(ccc(F)c2C#N)NC1=O)c1ccc(C#N)cn1. The van der Waals surface area contributed by atoms with Crippen molar-refractivity contribution >= 4 is 17.6 Å². The first-order valence-electron chi connectivity index (χ1n) is 8.35. The lowest BCUT2D eigenvalue weighted by Crippen LogP contribution is -2.45. The van der Waals surface area contributed by atoms with Crippen LogP contribution in [0.2, 0.25) is 0 Å². The second-order valence-corrected chi connectivity index (χ2v) is 6.22. The molecule has 0 saturated heterocycles. The van der Waals surface area contributed by atoms with Gasteiger partial charge < -0.3 is 15.5 Å². The van der Waals surface area contributed by atoms with Crippen LogP contribution in [0.1, 0.15) is 35.3 Å². The molecule has 0 aliphatic carbocycles. The van der Waals surface area contributed by atoms with Crippen LogP contribution in [0.15, 0.2) is 30.5 Å². The molecule has 3 amide bonds. The number of carbonyl (C=O) groups excluding carboxylic acids is 2. The van der Waals surface area contributed by atoms with Gasteiger partial charge in [0.2, 0.25) is 5.91 Å². The molecule has 0 unspecified atom stereocenters. The van der Waals surface area contributed by atoms with Crippen LogP contribution in [0.3, 0.4) is 0 Å². The smallest absolute Gasteiger partial charge is 0.322 e. The number of nitriles is 2. The number of hydrogen-bond acceptors (Lipinski definition) is 5. The van der Waals surface area contributed by atoms with Crippen LogP contribution in [0.4, 0.5) is 14.9 Å². The molecule has 0 bridgehead atoms. The molecule has 140 valence electrons. The highest BCUT2D eigenvalue weighted by atomic mass is 19.1. The van der Waals surface area contributed by atoms with E-state index in [0.717, 1.165) is 6.07 Å². The Hall–Kier alpha value is -3.98. The number of anilines is 1. The standard InChI is InChI=1S/C19H15FN6O2/c1-11(16-4-2-12(6-21)8-23-16)24-18(27)10-26-9-14-13(7-22)15(20)3-5-17(14)25-19(26)28/h2-5,8,11H,9-10H2,1H3,(H,24,27)(H,25,28)/t11-/m0/s1. The molecule has 2 aromatic rings. The number of fused-ring (bicyclic) bond motifs is 1. The monoisotopic (exact) mass is 378 g/mol.